The van der Waals surface area contributed by atoms with Gasteiger partial charge in [-0.15, -0.1) is 0 Å². The average Bonchev–Trinajstić information content (AvgIpc) is 3.58. The number of anilines is 1. The van der Waals surface area contributed by atoms with Gasteiger partial charge in [0.1, 0.15) is 5.69 Å². The van der Waals surface area contributed by atoms with Crippen molar-refractivity contribution < 1.29 is 9.00 Å². The number of hydrogen-bond acceptors (Lipinski definition) is 6. The van der Waals surface area contributed by atoms with Crippen molar-refractivity contribution in [1.29, 1.82) is 5.41 Å². The largest absolute Gasteiger partial charge is 0.381 e. The van der Waals surface area contributed by atoms with Crippen LogP contribution < -0.4 is 10.6 Å². The molecule has 0 bridgehead atoms. The van der Waals surface area contributed by atoms with Gasteiger partial charge in [0.05, 0.1) is 11.4 Å². The summed E-state index contributed by atoms with van der Waals surface area (Å²) in [5.41, 5.74) is 4.56. The Balaban J connectivity index is 0.000000287. The van der Waals surface area contributed by atoms with Gasteiger partial charge in [-0.25, -0.2) is 0 Å². The second-order valence-corrected chi connectivity index (χ2v) is 10.4. The fraction of sp³-hybridized carbons (Fsp3) is 0.458. The Labute approximate surface area is 187 Å². The summed E-state index contributed by atoms with van der Waals surface area (Å²) in [5.74, 6) is 2.30. The first-order valence-electron chi connectivity index (χ1n) is 10.7. The summed E-state index contributed by atoms with van der Waals surface area (Å²) in [4.78, 5) is 15.4. The predicted octanol–water partition coefficient (Wildman–Crippen LogP) is 3.73. The number of carbonyl (C=O) groups is 1. The molecule has 1 saturated heterocycles. The number of aldehydes is 1. The van der Waals surface area contributed by atoms with Gasteiger partial charge in [0, 0.05) is 51.2 Å². The minimum Gasteiger partial charge on any atom is -0.381 e. The molecular formula is C24H32N4O2S. The molecule has 3 N–H and O–H groups in total. The van der Waals surface area contributed by atoms with Crippen molar-refractivity contribution in [2.45, 2.75) is 51.1 Å². The van der Waals surface area contributed by atoms with E-state index in [4.69, 9.17) is 5.41 Å². The van der Waals surface area contributed by atoms with E-state index in [9.17, 15) is 9.00 Å². The molecule has 1 aromatic heterocycles. The van der Waals surface area contributed by atoms with Crippen LogP contribution in [0.5, 0.6) is 0 Å². The first-order chi connectivity index (χ1) is 14.7. The second-order valence-electron chi connectivity index (χ2n) is 8.90. The zero-order chi connectivity index (χ0) is 22.6. The van der Waals surface area contributed by atoms with Crippen molar-refractivity contribution in [2.75, 3.05) is 23.9 Å². The second kappa shape index (κ2) is 9.83. The van der Waals surface area contributed by atoms with Gasteiger partial charge in [-0.1, -0.05) is 18.2 Å². The quantitative estimate of drug-likeness (QED) is 0.450. The van der Waals surface area contributed by atoms with E-state index in [-0.39, 0.29) is 11.6 Å². The van der Waals surface area contributed by atoms with Gasteiger partial charge in [-0.3, -0.25) is 19.4 Å². The first-order valence-corrected chi connectivity index (χ1v) is 12.2. The number of carbonyl (C=O) groups excluding carboxylic acids is 1. The molecule has 0 unspecified atom stereocenters. The monoisotopic (exact) mass is 440 g/mol. The predicted molar refractivity (Wildman–Crippen MR) is 128 cm³/mol. The summed E-state index contributed by atoms with van der Waals surface area (Å²) >= 11 is 0. The van der Waals surface area contributed by atoms with Crippen LogP contribution in [0.2, 0.25) is 0 Å². The highest BCUT2D eigenvalue weighted by atomic mass is 32.2. The van der Waals surface area contributed by atoms with E-state index in [1.54, 1.807) is 6.07 Å². The van der Waals surface area contributed by atoms with Crippen LogP contribution in [0.3, 0.4) is 0 Å². The molecular weight excluding hydrogens is 408 g/mol. The molecule has 0 atom stereocenters. The highest BCUT2D eigenvalue weighted by Crippen LogP contribution is 2.40. The summed E-state index contributed by atoms with van der Waals surface area (Å²) in [5, 5.41) is 15.0. The molecule has 1 saturated carbocycles. The third-order valence-corrected chi connectivity index (χ3v) is 7.43. The summed E-state index contributed by atoms with van der Waals surface area (Å²) < 4.78 is 10.5. The fourth-order valence-electron chi connectivity index (χ4n) is 3.48. The maximum absolute atomic E-state index is 11.0. The lowest BCUT2D eigenvalue weighted by molar-refractivity contribution is 0.112. The summed E-state index contributed by atoms with van der Waals surface area (Å²) in [6, 6.07) is 10.1. The van der Waals surface area contributed by atoms with Crippen LogP contribution in [0.15, 0.2) is 36.5 Å². The molecule has 2 aliphatic rings. The van der Waals surface area contributed by atoms with E-state index in [0.29, 0.717) is 22.9 Å². The molecule has 31 heavy (non-hydrogen) atoms. The fourth-order valence-corrected chi connectivity index (χ4v) is 5.11. The lowest BCUT2D eigenvalue weighted by Gasteiger charge is -2.36. The van der Waals surface area contributed by atoms with Gasteiger partial charge in [-0.2, -0.15) is 0 Å². The first kappa shape index (κ1) is 23.3. The molecule has 0 spiro atoms. The smallest absolute Gasteiger partial charge is 0.151 e. The van der Waals surface area contributed by atoms with Gasteiger partial charge in [0.15, 0.2) is 6.29 Å². The maximum atomic E-state index is 11.0. The van der Waals surface area contributed by atoms with Crippen LogP contribution in [0.25, 0.3) is 0 Å². The van der Waals surface area contributed by atoms with E-state index in [0.717, 1.165) is 29.0 Å². The molecule has 2 aromatic rings. The number of pyridine rings is 1. The van der Waals surface area contributed by atoms with Gasteiger partial charge in [0.25, 0.3) is 0 Å². The molecule has 2 heterocycles. The van der Waals surface area contributed by atoms with Crippen molar-refractivity contribution in [2.24, 2.45) is 0 Å². The maximum Gasteiger partial charge on any atom is 0.151 e. The van der Waals surface area contributed by atoms with Gasteiger partial charge in [-0.05, 0) is 64.3 Å². The van der Waals surface area contributed by atoms with Gasteiger partial charge >= 0.3 is 0 Å². The van der Waals surface area contributed by atoms with Gasteiger partial charge < -0.3 is 10.6 Å². The molecule has 2 fully saturated rings. The third-order valence-electron chi connectivity index (χ3n) is 5.51. The summed E-state index contributed by atoms with van der Waals surface area (Å²) in [6.45, 7) is 6.14. The number of nitrogens with one attached hydrogen (secondary N) is 3. The minimum atomic E-state index is -0.524. The molecule has 1 aromatic carbocycles. The molecule has 7 heteroatoms. The average molecular weight is 441 g/mol. The van der Waals surface area contributed by atoms with Crippen LogP contribution in [0.1, 0.15) is 66.7 Å². The Morgan fingerprint density at radius 2 is 2.00 bits per heavy atom. The number of rotatable bonds is 7. The lowest BCUT2D eigenvalue weighted by Crippen LogP contribution is -2.58. The Kier molecular flexibility index (Phi) is 7.38. The van der Waals surface area contributed by atoms with Crippen LogP contribution in [-0.2, 0) is 10.8 Å². The third kappa shape index (κ3) is 6.08. The highest BCUT2D eigenvalue weighted by Gasteiger charge is 2.36. The topological polar surface area (TPSA) is 94.9 Å². The number of hydrogen-bond donors (Lipinski definition) is 3. The van der Waals surface area contributed by atoms with Crippen LogP contribution in [0.4, 0.5) is 5.69 Å². The normalized spacial score (nSPS) is 22.2. The molecule has 0 amide bonds. The van der Waals surface area contributed by atoms with E-state index in [2.05, 4.69) is 34.7 Å². The zero-order valence-electron chi connectivity index (χ0n) is 18.7. The molecule has 0 radical (unpaired) electrons. The highest BCUT2D eigenvalue weighted by molar-refractivity contribution is 7.86. The molecule has 1 aliphatic carbocycles. The van der Waals surface area contributed by atoms with E-state index in [1.165, 1.54) is 24.6 Å². The Hall–Kier alpha value is -2.38. The number of aromatic nitrogens is 1. The Morgan fingerprint density at radius 1 is 1.29 bits per heavy atom. The number of benzene rings is 1. The van der Waals surface area contributed by atoms with Crippen molar-refractivity contribution in [3.63, 3.8) is 0 Å². The zero-order valence-corrected chi connectivity index (χ0v) is 19.5. The van der Waals surface area contributed by atoms with Gasteiger partial charge in [0.2, 0.25) is 0 Å². The molecule has 1 aliphatic heterocycles. The van der Waals surface area contributed by atoms with Crippen molar-refractivity contribution in [3.8, 4) is 0 Å². The minimum absolute atomic E-state index is 0.185. The standard InChI is InChI=1S/C19H21N3O.C5H11NOS/c1-12(2)22-17-8-13(11-23)10-21-19(17)18(20)16-5-3-4-15(9-16)14-6-7-14;1-5(6-2)3-8(7)4-5/h3-5,8-12,14,20,22H,6-7H2,1-2H3;6H,3-4H2,1-2H3. The van der Waals surface area contributed by atoms with Crippen LogP contribution in [-0.4, -0.2) is 51.3 Å². The van der Waals surface area contributed by atoms with Crippen LogP contribution >= 0.6 is 0 Å². The Morgan fingerprint density at radius 3 is 2.52 bits per heavy atom. The molecule has 6 nitrogen and oxygen atoms in total. The van der Waals surface area contributed by atoms with E-state index in [1.807, 2.05) is 33.0 Å². The van der Waals surface area contributed by atoms with Crippen LogP contribution in [0, 0.1) is 5.41 Å². The number of nitrogens with zero attached hydrogens (tertiary/aromatic N) is 1. The van der Waals surface area contributed by atoms with Crippen molar-refractivity contribution in [3.05, 3.63) is 58.9 Å². The molecule has 4 rings (SSSR count). The SMILES string of the molecule is CC(C)Nc1cc(C=O)cnc1C(=N)c1cccc(C2CC2)c1.CNC1(C)CS(=O)C1. The van der Waals surface area contributed by atoms with Crippen molar-refractivity contribution >= 4 is 28.5 Å². The molecule has 166 valence electrons. The summed E-state index contributed by atoms with van der Waals surface area (Å²) in [7, 11) is 1.39. The van der Waals surface area contributed by atoms with Crippen molar-refractivity contribution in [1.82, 2.24) is 10.3 Å². The lowest BCUT2D eigenvalue weighted by atomic mass is 10.0. The van der Waals surface area contributed by atoms with E-state index >= 15 is 0 Å². The summed E-state index contributed by atoms with van der Waals surface area (Å²) in [6.07, 6.45) is 4.78. The van der Waals surface area contributed by atoms with E-state index < -0.39 is 10.8 Å². The Bertz CT molecular complexity index is 977.